The Bertz CT molecular complexity index is 1320. The Morgan fingerprint density at radius 3 is 1.74 bits per heavy atom. The molecule has 0 bridgehead atoms. The highest BCUT2D eigenvalue weighted by molar-refractivity contribution is 7.93. The Morgan fingerprint density at radius 1 is 0.581 bits per heavy atom. The van der Waals surface area contributed by atoms with Crippen LogP contribution in [0.1, 0.15) is 27.8 Å². The highest BCUT2D eigenvalue weighted by atomic mass is 32.2. The summed E-state index contributed by atoms with van der Waals surface area (Å²) in [6.45, 7) is 9.20. The van der Waals surface area contributed by atoms with Gasteiger partial charge in [-0.25, -0.2) is 16.8 Å². The van der Waals surface area contributed by atoms with E-state index >= 15 is 0 Å². The molecule has 0 aliphatic rings. The van der Waals surface area contributed by atoms with Gasteiger partial charge in [0.25, 0.3) is 20.0 Å². The van der Waals surface area contributed by atoms with Gasteiger partial charge in [0.2, 0.25) is 0 Å². The zero-order chi connectivity index (χ0) is 23.0. The van der Waals surface area contributed by atoms with Gasteiger partial charge >= 0.3 is 0 Å². The Morgan fingerprint density at radius 2 is 1.16 bits per heavy atom. The molecule has 0 saturated heterocycles. The van der Waals surface area contributed by atoms with E-state index in [2.05, 4.69) is 9.44 Å². The Balaban J connectivity index is 1.85. The lowest BCUT2D eigenvalue weighted by Gasteiger charge is -2.15. The molecule has 0 radical (unpaired) electrons. The number of anilines is 2. The largest absolute Gasteiger partial charge is 0.280 e. The summed E-state index contributed by atoms with van der Waals surface area (Å²) >= 11 is 0. The number of hydrogen-bond acceptors (Lipinski definition) is 4. The van der Waals surface area contributed by atoms with Crippen LogP contribution in [0.3, 0.4) is 0 Å². The normalized spacial score (nSPS) is 11.9. The van der Waals surface area contributed by atoms with E-state index < -0.39 is 20.0 Å². The van der Waals surface area contributed by atoms with Crippen molar-refractivity contribution in [1.29, 1.82) is 0 Å². The monoisotopic (exact) mass is 458 g/mol. The number of sulfonamides is 2. The van der Waals surface area contributed by atoms with E-state index in [-0.39, 0.29) is 15.5 Å². The molecule has 0 atom stereocenters. The molecule has 8 heteroatoms. The van der Waals surface area contributed by atoms with Crippen LogP contribution in [-0.2, 0) is 20.0 Å². The average Bonchev–Trinajstić information content (AvgIpc) is 2.66. The fraction of sp³-hybridized carbons (Fsp3) is 0.217. The molecule has 0 amide bonds. The van der Waals surface area contributed by atoms with Crippen LogP contribution in [0.2, 0.25) is 0 Å². The maximum Gasteiger partial charge on any atom is 0.262 e. The SMILES string of the molecule is Cc1cc(C)c(NS(=O)(=O)c2ccc(NS(=O)(=O)c3cc(C)ccc3C)cc2)c(C)c1. The minimum Gasteiger partial charge on any atom is -0.280 e. The van der Waals surface area contributed by atoms with Gasteiger partial charge in [0, 0.05) is 5.69 Å². The standard InChI is InChI=1S/C23H26N2O4S2/c1-15-6-7-17(3)22(14-15)31(28,29)24-20-8-10-21(11-9-20)30(26,27)25-23-18(4)12-16(2)13-19(23)5/h6-14,24-25H,1-5H3. The summed E-state index contributed by atoms with van der Waals surface area (Å²) in [6.07, 6.45) is 0. The van der Waals surface area contributed by atoms with Crippen molar-refractivity contribution in [2.45, 2.75) is 44.4 Å². The second kappa shape index (κ2) is 8.36. The molecule has 0 heterocycles. The summed E-state index contributed by atoms with van der Waals surface area (Å²) in [7, 11) is -7.62. The smallest absolute Gasteiger partial charge is 0.262 e. The summed E-state index contributed by atoms with van der Waals surface area (Å²) in [5, 5.41) is 0. The molecule has 0 aliphatic heterocycles. The van der Waals surface area contributed by atoms with Crippen LogP contribution in [0.5, 0.6) is 0 Å². The minimum absolute atomic E-state index is 0.0431. The quantitative estimate of drug-likeness (QED) is 0.553. The highest BCUT2D eigenvalue weighted by Gasteiger charge is 2.19. The van der Waals surface area contributed by atoms with Crippen molar-refractivity contribution in [2.75, 3.05) is 9.44 Å². The van der Waals surface area contributed by atoms with Gasteiger partial charge in [-0.2, -0.15) is 0 Å². The summed E-state index contributed by atoms with van der Waals surface area (Å²) in [5.74, 6) is 0. The zero-order valence-electron chi connectivity index (χ0n) is 18.1. The number of benzene rings is 3. The Hall–Kier alpha value is -2.84. The van der Waals surface area contributed by atoms with Gasteiger partial charge in [0.05, 0.1) is 15.5 Å². The molecule has 164 valence electrons. The molecular formula is C23H26N2O4S2. The lowest BCUT2D eigenvalue weighted by Crippen LogP contribution is -2.16. The van der Waals surface area contributed by atoms with Gasteiger partial charge in [-0.3, -0.25) is 9.44 Å². The molecule has 3 aromatic rings. The summed E-state index contributed by atoms with van der Waals surface area (Å²) in [6, 6.07) is 14.7. The lowest BCUT2D eigenvalue weighted by atomic mass is 10.1. The van der Waals surface area contributed by atoms with E-state index in [0.29, 0.717) is 11.3 Å². The number of nitrogens with one attached hydrogen (secondary N) is 2. The number of hydrogen-bond donors (Lipinski definition) is 2. The van der Waals surface area contributed by atoms with Crippen LogP contribution in [0.4, 0.5) is 11.4 Å². The van der Waals surface area contributed by atoms with E-state index in [1.165, 1.54) is 24.3 Å². The third-order valence-corrected chi connectivity index (χ3v) is 7.85. The summed E-state index contributed by atoms with van der Waals surface area (Å²) in [5.41, 5.74) is 5.01. The van der Waals surface area contributed by atoms with Crippen molar-refractivity contribution in [1.82, 2.24) is 0 Å². The maximum atomic E-state index is 12.8. The predicted octanol–water partition coefficient (Wildman–Crippen LogP) is 4.83. The van der Waals surface area contributed by atoms with E-state index in [4.69, 9.17) is 0 Å². The Kier molecular flexibility index (Phi) is 6.16. The van der Waals surface area contributed by atoms with Gasteiger partial charge in [-0.15, -0.1) is 0 Å². The fourth-order valence-corrected chi connectivity index (χ4v) is 6.04. The predicted molar refractivity (Wildman–Crippen MR) is 125 cm³/mol. The van der Waals surface area contributed by atoms with Crippen molar-refractivity contribution in [3.63, 3.8) is 0 Å². The molecule has 0 unspecified atom stereocenters. The van der Waals surface area contributed by atoms with Gasteiger partial charge in [0.1, 0.15) is 0 Å². The highest BCUT2D eigenvalue weighted by Crippen LogP contribution is 2.26. The lowest BCUT2D eigenvalue weighted by molar-refractivity contribution is 0.599. The minimum atomic E-state index is -3.82. The van der Waals surface area contributed by atoms with Crippen molar-refractivity contribution in [3.05, 3.63) is 82.4 Å². The Labute approximate surface area is 184 Å². The van der Waals surface area contributed by atoms with E-state index in [1.807, 2.05) is 45.9 Å². The topological polar surface area (TPSA) is 92.3 Å². The van der Waals surface area contributed by atoms with Gasteiger partial charge in [-0.1, -0.05) is 29.8 Å². The van der Waals surface area contributed by atoms with Crippen molar-refractivity contribution >= 4 is 31.4 Å². The van der Waals surface area contributed by atoms with Crippen LogP contribution in [0.25, 0.3) is 0 Å². The second-order valence-electron chi connectivity index (χ2n) is 7.78. The van der Waals surface area contributed by atoms with Gasteiger partial charge in [0.15, 0.2) is 0 Å². The molecule has 3 rings (SSSR count). The van der Waals surface area contributed by atoms with Crippen LogP contribution < -0.4 is 9.44 Å². The van der Waals surface area contributed by atoms with E-state index in [0.717, 1.165) is 22.3 Å². The number of aryl methyl sites for hydroxylation is 5. The number of rotatable bonds is 6. The average molecular weight is 459 g/mol. The van der Waals surface area contributed by atoms with Crippen LogP contribution in [0, 0.1) is 34.6 Å². The third-order valence-electron chi connectivity index (χ3n) is 4.96. The first kappa shape index (κ1) is 22.8. The fourth-order valence-electron chi connectivity index (χ4n) is 3.44. The molecule has 0 aliphatic carbocycles. The summed E-state index contributed by atoms with van der Waals surface area (Å²) in [4.78, 5) is 0.234. The second-order valence-corrected chi connectivity index (χ2v) is 11.1. The molecule has 0 saturated carbocycles. The van der Waals surface area contributed by atoms with E-state index in [9.17, 15) is 16.8 Å². The molecule has 0 aromatic heterocycles. The third kappa shape index (κ3) is 5.08. The summed E-state index contributed by atoms with van der Waals surface area (Å²) < 4.78 is 56.4. The first-order valence-electron chi connectivity index (χ1n) is 9.70. The molecule has 2 N–H and O–H groups in total. The van der Waals surface area contributed by atoms with Crippen LogP contribution >= 0.6 is 0 Å². The van der Waals surface area contributed by atoms with Crippen molar-refractivity contribution < 1.29 is 16.8 Å². The maximum absolute atomic E-state index is 12.8. The zero-order valence-corrected chi connectivity index (χ0v) is 19.8. The molecule has 31 heavy (non-hydrogen) atoms. The first-order valence-corrected chi connectivity index (χ1v) is 12.7. The van der Waals surface area contributed by atoms with Gasteiger partial charge < -0.3 is 0 Å². The van der Waals surface area contributed by atoms with Crippen molar-refractivity contribution in [2.24, 2.45) is 0 Å². The first-order chi connectivity index (χ1) is 14.4. The molecule has 6 nitrogen and oxygen atoms in total. The van der Waals surface area contributed by atoms with Crippen LogP contribution in [0.15, 0.2) is 64.4 Å². The van der Waals surface area contributed by atoms with Crippen LogP contribution in [-0.4, -0.2) is 16.8 Å². The van der Waals surface area contributed by atoms with E-state index in [1.54, 1.807) is 19.1 Å². The molecule has 0 spiro atoms. The molecule has 3 aromatic carbocycles. The van der Waals surface area contributed by atoms with Gasteiger partial charge in [-0.05, 0) is 87.2 Å². The molecule has 0 fully saturated rings. The van der Waals surface area contributed by atoms with Crippen molar-refractivity contribution in [3.8, 4) is 0 Å². The molecular weight excluding hydrogens is 432 g/mol.